The zero-order valence-electron chi connectivity index (χ0n) is 16.0. The quantitative estimate of drug-likeness (QED) is 0.652. The molecule has 2 aliphatic rings. The van der Waals surface area contributed by atoms with E-state index in [1.807, 2.05) is 31.2 Å². The molecule has 1 atom stereocenters. The average Bonchev–Trinajstić information content (AvgIpc) is 2.98. The van der Waals surface area contributed by atoms with Crippen molar-refractivity contribution in [1.82, 2.24) is 0 Å². The third kappa shape index (κ3) is 3.20. The zero-order chi connectivity index (χ0) is 20.6. The number of rotatable bonds is 3. The predicted octanol–water partition coefficient (Wildman–Crippen LogP) is 4.63. The van der Waals surface area contributed by atoms with E-state index in [1.165, 1.54) is 4.31 Å². The lowest BCUT2D eigenvalue weighted by Crippen LogP contribution is -2.49. The summed E-state index contributed by atoms with van der Waals surface area (Å²) in [7, 11) is -3.90. The van der Waals surface area contributed by atoms with Crippen LogP contribution in [0.5, 0.6) is 0 Å². The van der Waals surface area contributed by atoms with Crippen molar-refractivity contribution in [3.8, 4) is 6.07 Å². The number of allylic oxidation sites excluding steroid dienone is 1. The molecule has 29 heavy (non-hydrogen) atoms. The van der Waals surface area contributed by atoms with Crippen molar-refractivity contribution in [2.24, 2.45) is 0 Å². The van der Waals surface area contributed by atoms with Crippen LogP contribution < -0.4 is 4.31 Å². The normalized spacial score (nSPS) is 20.7. The molecule has 2 aliphatic heterocycles. The van der Waals surface area contributed by atoms with E-state index in [4.69, 9.17) is 4.74 Å². The van der Waals surface area contributed by atoms with Crippen LogP contribution in [0.1, 0.15) is 30.9 Å². The molecule has 0 amide bonds. The van der Waals surface area contributed by atoms with Crippen LogP contribution >= 0.6 is 15.9 Å². The van der Waals surface area contributed by atoms with Crippen LogP contribution in [0.25, 0.3) is 6.08 Å². The molecule has 7 heteroatoms. The van der Waals surface area contributed by atoms with Gasteiger partial charge in [0.15, 0.2) is 0 Å². The van der Waals surface area contributed by atoms with Gasteiger partial charge in [-0.1, -0.05) is 40.2 Å². The summed E-state index contributed by atoms with van der Waals surface area (Å²) < 4.78 is 35.1. The van der Waals surface area contributed by atoms with E-state index in [-0.39, 0.29) is 4.90 Å². The zero-order valence-corrected chi connectivity index (χ0v) is 18.4. The van der Waals surface area contributed by atoms with Gasteiger partial charge in [-0.2, -0.15) is 5.26 Å². The lowest BCUT2D eigenvalue weighted by Gasteiger charge is -2.37. The van der Waals surface area contributed by atoms with E-state index in [1.54, 1.807) is 30.3 Å². The maximum absolute atomic E-state index is 13.7. The molecule has 2 heterocycles. The summed E-state index contributed by atoms with van der Waals surface area (Å²) in [4.78, 5) is 0.184. The summed E-state index contributed by atoms with van der Waals surface area (Å²) in [6.45, 7) is 2.93. The highest BCUT2D eigenvalue weighted by Crippen LogP contribution is 2.53. The SMILES string of the molecule is CC=Cc1ccc(S(=O)(=O)N2c3ccc(Br)cc3C3(CCOCC3)C2C#N)cc1. The second-order valence-corrected chi connectivity index (χ2v) is 10.1. The van der Waals surface area contributed by atoms with Gasteiger partial charge in [-0.05, 0) is 61.2 Å². The molecule has 0 N–H and O–H groups in total. The van der Waals surface area contributed by atoms with Crippen LogP contribution in [-0.4, -0.2) is 27.7 Å². The van der Waals surface area contributed by atoms with Gasteiger partial charge in [-0.25, -0.2) is 12.7 Å². The second-order valence-electron chi connectivity index (χ2n) is 7.33. The van der Waals surface area contributed by atoms with Crippen LogP contribution in [0.2, 0.25) is 0 Å². The Morgan fingerprint density at radius 2 is 1.90 bits per heavy atom. The average molecular weight is 473 g/mol. The molecule has 4 rings (SSSR count). The van der Waals surface area contributed by atoms with E-state index in [0.717, 1.165) is 15.6 Å². The number of benzene rings is 2. The first-order valence-corrected chi connectivity index (χ1v) is 11.7. The molecule has 2 aromatic rings. The molecule has 1 saturated heterocycles. The highest BCUT2D eigenvalue weighted by Gasteiger charge is 2.55. The molecular formula is C22H21BrN2O3S. The highest BCUT2D eigenvalue weighted by molar-refractivity contribution is 9.10. The van der Waals surface area contributed by atoms with Gasteiger partial charge in [0, 0.05) is 23.1 Å². The van der Waals surface area contributed by atoms with E-state index in [9.17, 15) is 13.7 Å². The molecule has 5 nitrogen and oxygen atoms in total. The monoisotopic (exact) mass is 472 g/mol. The fourth-order valence-electron chi connectivity index (χ4n) is 4.39. The van der Waals surface area contributed by atoms with Crippen molar-refractivity contribution in [2.45, 2.75) is 36.1 Å². The standard InChI is InChI=1S/C22H21BrN2O3S/c1-2-3-16-4-7-18(8-5-16)29(26,27)25-20-9-6-17(23)14-19(20)22(21(25)15-24)10-12-28-13-11-22/h2-9,14,21H,10-13H2,1H3. The van der Waals surface area contributed by atoms with Crippen LogP contribution in [0.3, 0.4) is 0 Å². The number of hydrogen-bond donors (Lipinski definition) is 0. The van der Waals surface area contributed by atoms with Gasteiger partial charge in [0.1, 0.15) is 6.04 Å². The third-order valence-electron chi connectivity index (χ3n) is 5.79. The molecule has 0 saturated carbocycles. The first-order chi connectivity index (χ1) is 13.9. The molecule has 1 fully saturated rings. The first-order valence-electron chi connectivity index (χ1n) is 9.48. The Hall–Kier alpha value is -2.14. The van der Waals surface area contributed by atoms with E-state index in [2.05, 4.69) is 22.0 Å². The number of nitrogens with zero attached hydrogens (tertiary/aromatic N) is 2. The van der Waals surface area contributed by atoms with Crippen molar-refractivity contribution < 1.29 is 13.2 Å². The summed E-state index contributed by atoms with van der Waals surface area (Å²) in [5.41, 5.74) is 1.84. The Balaban J connectivity index is 1.87. The fraction of sp³-hybridized carbons (Fsp3) is 0.318. The maximum atomic E-state index is 13.7. The van der Waals surface area contributed by atoms with Crippen molar-refractivity contribution >= 4 is 37.7 Å². The van der Waals surface area contributed by atoms with Crippen LogP contribution in [0.4, 0.5) is 5.69 Å². The summed E-state index contributed by atoms with van der Waals surface area (Å²) in [6, 6.07) is 13.8. The van der Waals surface area contributed by atoms with Gasteiger partial charge in [-0.3, -0.25) is 0 Å². The lowest BCUT2D eigenvalue weighted by molar-refractivity contribution is 0.0500. The van der Waals surface area contributed by atoms with Gasteiger partial charge >= 0.3 is 0 Å². The molecule has 2 aromatic carbocycles. The smallest absolute Gasteiger partial charge is 0.265 e. The molecule has 0 aliphatic carbocycles. The molecule has 0 aromatic heterocycles. The van der Waals surface area contributed by atoms with Crippen LogP contribution in [0, 0.1) is 11.3 Å². The second kappa shape index (κ2) is 7.60. The Morgan fingerprint density at radius 1 is 1.21 bits per heavy atom. The molecule has 0 radical (unpaired) electrons. The van der Waals surface area contributed by atoms with Gasteiger partial charge in [0.2, 0.25) is 0 Å². The minimum absolute atomic E-state index is 0.184. The van der Waals surface area contributed by atoms with Crippen molar-refractivity contribution in [1.29, 1.82) is 5.26 Å². The van der Waals surface area contributed by atoms with Gasteiger partial charge in [-0.15, -0.1) is 0 Å². The van der Waals surface area contributed by atoms with Gasteiger partial charge in [0.25, 0.3) is 10.0 Å². The minimum atomic E-state index is -3.90. The Labute approximate surface area is 179 Å². The van der Waals surface area contributed by atoms with Gasteiger partial charge < -0.3 is 4.74 Å². The van der Waals surface area contributed by atoms with Crippen molar-refractivity contribution in [2.75, 3.05) is 17.5 Å². The molecule has 150 valence electrons. The number of anilines is 1. The fourth-order valence-corrected chi connectivity index (χ4v) is 6.40. The summed E-state index contributed by atoms with van der Waals surface area (Å²) in [5.74, 6) is 0. The van der Waals surface area contributed by atoms with Crippen molar-refractivity contribution in [3.05, 3.63) is 64.1 Å². The van der Waals surface area contributed by atoms with Crippen LogP contribution in [0.15, 0.2) is 57.9 Å². The minimum Gasteiger partial charge on any atom is -0.381 e. The maximum Gasteiger partial charge on any atom is 0.265 e. The largest absolute Gasteiger partial charge is 0.381 e. The van der Waals surface area contributed by atoms with E-state index in [0.29, 0.717) is 31.7 Å². The molecule has 1 unspecified atom stereocenters. The molecule has 1 spiro atoms. The summed E-state index contributed by atoms with van der Waals surface area (Å²) in [5, 5.41) is 10.1. The Morgan fingerprint density at radius 3 is 2.52 bits per heavy atom. The number of halogens is 1. The van der Waals surface area contributed by atoms with E-state index < -0.39 is 21.5 Å². The van der Waals surface area contributed by atoms with Crippen molar-refractivity contribution in [3.63, 3.8) is 0 Å². The Bertz CT molecular complexity index is 1100. The predicted molar refractivity (Wildman–Crippen MR) is 116 cm³/mol. The number of sulfonamides is 1. The summed E-state index contributed by atoms with van der Waals surface area (Å²) >= 11 is 3.51. The van der Waals surface area contributed by atoms with Gasteiger partial charge in [0.05, 0.1) is 16.7 Å². The number of hydrogen-bond acceptors (Lipinski definition) is 4. The Kier molecular flexibility index (Phi) is 5.28. The molecular weight excluding hydrogens is 452 g/mol. The number of ether oxygens (including phenoxy) is 1. The number of fused-ring (bicyclic) bond motifs is 2. The van der Waals surface area contributed by atoms with Crippen LogP contribution in [-0.2, 0) is 20.2 Å². The summed E-state index contributed by atoms with van der Waals surface area (Å²) in [6.07, 6.45) is 5.04. The number of nitriles is 1. The lowest BCUT2D eigenvalue weighted by atomic mass is 9.71. The molecule has 0 bridgehead atoms. The third-order valence-corrected chi connectivity index (χ3v) is 8.08. The van der Waals surface area contributed by atoms with E-state index >= 15 is 0 Å². The highest BCUT2D eigenvalue weighted by atomic mass is 79.9. The topological polar surface area (TPSA) is 70.4 Å². The first kappa shape index (κ1) is 20.1.